The summed E-state index contributed by atoms with van der Waals surface area (Å²) in [6.07, 6.45) is 19.7. The van der Waals surface area contributed by atoms with E-state index in [-0.39, 0.29) is 0 Å². The van der Waals surface area contributed by atoms with Gasteiger partial charge in [-0.3, -0.25) is 4.98 Å². The zero-order valence-electron chi connectivity index (χ0n) is 28.5. The average Bonchev–Trinajstić information content (AvgIpc) is 3.73. The van der Waals surface area contributed by atoms with Gasteiger partial charge < -0.3 is 21.3 Å². The van der Waals surface area contributed by atoms with Gasteiger partial charge in [0.15, 0.2) is 5.82 Å². The Morgan fingerprint density at radius 1 is 0.627 bits per heavy atom. The molecule has 0 radical (unpaired) electrons. The summed E-state index contributed by atoms with van der Waals surface area (Å²) in [7, 11) is 0. The predicted molar refractivity (Wildman–Crippen MR) is 202 cm³/mol. The molecule has 2 atom stereocenters. The van der Waals surface area contributed by atoms with Crippen LogP contribution in [0.25, 0.3) is 17.2 Å². The summed E-state index contributed by atoms with van der Waals surface area (Å²) in [4.78, 5) is 42.5. The van der Waals surface area contributed by atoms with Crippen LogP contribution in [0.1, 0.15) is 19.5 Å². The fraction of sp³-hybridized carbons (Fsp3) is 0.294. The van der Waals surface area contributed by atoms with Gasteiger partial charge in [-0.05, 0) is 36.3 Å². The zero-order chi connectivity index (χ0) is 35.3. The lowest BCUT2D eigenvalue weighted by molar-refractivity contribution is 0.644. The highest BCUT2D eigenvalue weighted by atomic mass is 32.2. The maximum Gasteiger partial charge on any atom is 0.222 e. The Morgan fingerprint density at radius 2 is 1.25 bits per heavy atom. The summed E-state index contributed by atoms with van der Waals surface area (Å²) in [5, 5.41) is 17.4. The van der Waals surface area contributed by atoms with Crippen molar-refractivity contribution >= 4 is 47.1 Å². The molecule has 0 spiro atoms. The molecule has 0 amide bonds. The number of nitrogens with zero attached hydrogens (tertiary/aromatic N) is 11. The van der Waals surface area contributed by atoms with E-state index in [0.717, 1.165) is 40.8 Å². The quantitative estimate of drug-likeness (QED) is 0.0824. The molecule has 15 nitrogen and oxygen atoms in total. The van der Waals surface area contributed by atoms with Gasteiger partial charge in [-0.25, -0.2) is 44.6 Å². The molecule has 262 valence electrons. The molecule has 6 aromatic rings. The topological polar surface area (TPSA) is 182 Å². The van der Waals surface area contributed by atoms with E-state index in [9.17, 15) is 0 Å². The molecule has 17 heteroatoms. The van der Waals surface area contributed by atoms with E-state index in [1.165, 1.54) is 0 Å². The van der Waals surface area contributed by atoms with Crippen molar-refractivity contribution < 1.29 is 0 Å². The first kappa shape index (κ1) is 35.4. The fourth-order valence-electron chi connectivity index (χ4n) is 4.57. The summed E-state index contributed by atoms with van der Waals surface area (Å²) in [5.41, 5.74) is 2.42. The average molecular weight is 722 g/mol. The van der Waals surface area contributed by atoms with Gasteiger partial charge in [-0.15, -0.1) is 23.5 Å². The number of nitrogens with one attached hydrogen (secondary N) is 4. The Balaban J connectivity index is 0.900. The van der Waals surface area contributed by atoms with Crippen LogP contribution in [0.2, 0.25) is 0 Å². The Bertz CT molecular complexity index is 1910. The van der Waals surface area contributed by atoms with Crippen LogP contribution in [0.15, 0.2) is 96.0 Å². The summed E-state index contributed by atoms with van der Waals surface area (Å²) in [5.74, 6) is 4.60. The molecule has 0 aliphatic heterocycles. The lowest BCUT2D eigenvalue weighted by Crippen LogP contribution is -2.21. The number of thioether (sulfide) groups is 2. The van der Waals surface area contributed by atoms with E-state index in [2.05, 4.69) is 80.1 Å². The third-order valence-corrected chi connectivity index (χ3v) is 9.12. The van der Waals surface area contributed by atoms with Crippen LogP contribution in [0.4, 0.5) is 23.5 Å². The van der Waals surface area contributed by atoms with Crippen molar-refractivity contribution in [3.8, 4) is 17.2 Å². The van der Waals surface area contributed by atoms with Crippen molar-refractivity contribution in [3.63, 3.8) is 0 Å². The lowest BCUT2D eigenvalue weighted by atomic mass is 10.2. The van der Waals surface area contributed by atoms with Crippen molar-refractivity contribution in [2.75, 3.05) is 53.7 Å². The molecule has 0 aliphatic rings. The largest absolute Gasteiger partial charge is 0.368 e. The second-order valence-electron chi connectivity index (χ2n) is 11.7. The van der Waals surface area contributed by atoms with Crippen molar-refractivity contribution in [1.82, 2.24) is 54.6 Å². The highest BCUT2D eigenvalue weighted by Crippen LogP contribution is 2.23. The van der Waals surface area contributed by atoms with Gasteiger partial charge in [0.05, 0.1) is 36.2 Å². The number of aromatic nitrogens is 11. The molecule has 6 rings (SSSR count). The standard InChI is InChI=1S/C34H39N15S2/c1-23(12-41-33-43-14-26(50-3)15-44-33)10-36-30-19-35-29(18-38-30)28-7-4-6-25(48-28)22-51-27-16-45-34(46-17-27)42-13-24(2)11-37-31-20-40-32(21-39-31)49-9-5-8-47-49/h4-9,14-21,23-24H,10-13,22H2,1-3H3,(H,36,38)(H,37,39)(H,41,43,44)(H,42,45,46). The third-order valence-electron chi connectivity index (χ3n) is 7.46. The number of hydrogen-bond acceptors (Lipinski definition) is 16. The van der Waals surface area contributed by atoms with E-state index in [0.29, 0.717) is 59.2 Å². The van der Waals surface area contributed by atoms with Crippen LogP contribution in [0, 0.1) is 11.8 Å². The smallest absolute Gasteiger partial charge is 0.222 e. The van der Waals surface area contributed by atoms with Gasteiger partial charge in [0.2, 0.25) is 11.9 Å². The van der Waals surface area contributed by atoms with Gasteiger partial charge >= 0.3 is 0 Å². The van der Waals surface area contributed by atoms with Crippen LogP contribution in [0.3, 0.4) is 0 Å². The maximum absolute atomic E-state index is 4.81. The van der Waals surface area contributed by atoms with E-state index in [1.807, 2.05) is 61.5 Å². The van der Waals surface area contributed by atoms with Gasteiger partial charge in [0, 0.05) is 78.9 Å². The molecule has 6 heterocycles. The minimum absolute atomic E-state index is 0.298. The predicted octanol–water partition coefficient (Wildman–Crippen LogP) is 5.43. The van der Waals surface area contributed by atoms with Crippen molar-refractivity contribution in [3.05, 3.63) is 91.9 Å². The molecule has 0 saturated heterocycles. The highest BCUT2D eigenvalue weighted by molar-refractivity contribution is 7.98. The zero-order valence-corrected chi connectivity index (χ0v) is 30.1. The third kappa shape index (κ3) is 10.8. The van der Waals surface area contributed by atoms with Gasteiger partial charge in [0.25, 0.3) is 0 Å². The van der Waals surface area contributed by atoms with Crippen molar-refractivity contribution in [2.24, 2.45) is 11.8 Å². The minimum Gasteiger partial charge on any atom is -0.368 e. The van der Waals surface area contributed by atoms with E-state index < -0.39 is 0 Å². The van der Waals surface area contributed by atoms with E-state index in [4.69, 9.17) is 4.98 Å². The highest BCUT2D eigenvalue weighted by Gasteiger charge is 2.09. The van der Waals surface area contributed by atoms with E-state index >= 15 is 0 Å². The Labute approximate surface area is 304 Å². The summed E-state index contributed by atoms with van der Waals surface area (Å²) < 4.78 is 1.67. The number of rotatable bonds is 18. The number of pyridine rings is 1. The number of anilines is 4. The molecular formula is C34H39N15S2. The van der Waals surface area contributed by atoms with Crippen LogP contribution in [0.5, 0.6) is 0 Å². The molecular weight excluding hydrogens is 683 g/mol. The van der Waals surface area contributed by atoms with Crippen LogP contribution < -0.4 is 21.3 Å². The first-order chi connectivity index (χ1) is 25.0. The van der Waals surface area contributed by atoms with Crippen LogP contribution in [-0.2, 0) is 5.75 Å². The fourth-order valence-corrected chi connectivity index (χ4v) is 5.62. The van der Waals surface area contributed by atoms with Gasteiger partial charge in [0.1, 0.15) is 17.3 Å². The summed E-state index contributed by atoms with van der Waals surface area (Å²) in [6, 6.07) is 7.78. The summed E-state index contributed by atoms with van der Waals surface area (Å²) in [6.45, 7) is 7.17. The molecule has 0 aromatic carbocycles. The molecule has 6 aromatic heterocycles. The Hall–Kier alpha value is -5.42. The molecule has 4 N–H and O–H groups in total. The second-order valence-corrected chi connectivity index (χ2v) is 13.7. The summed E-state index contributed by atoms with van der Waals surface area (Å²) >= 11 is 3.25. The maximum atomic E-state index is 4.81. The SMILES string of the molecule is CSc1cnc(NCC(C)CNc2cnc(-c3cccc(CSc4cnc(NCC(C)CNc5cnc(-n6cccn6)cn5)nc4)n3)cn2)nc1. The van der Waals surface area contributed by atoms with Gasteiger partial charge in [-0.1, -0.05) is 19.9 Å². The number of hydrogen-bond donors (Lipinski definition) is 4. The Morgan fingerprint density at radius 3 is 1.82 bits per heavy atom. The van der Waals surface area contributed by atoms with Crippen molar-refractivity contribution in [1.29, 1.82) is 0 Å². The Kier molecular flexibility index (Phi) is 12.5. The van der Waals surface area contributed by atoms with Crippen LogP contribution >= 0.6 is 23.5 Å². The van der Waals surface area contributed by atoms with Gasteiger partial charge in [-0.2, -0.15) is 5.10 Å². The normalized spacial score (nSPS) is 12.2. The molecule has 2 unspecified atom stereocenters. The van der Waals surface area contributed by atoms with E-state index in [1.54, 1.807) is 59.2 Å². The monoisotopic (exact) mass is 721 g/mol. The molecule has 51 heavy (non-hydrogen) atoms. The lowest BCUT2D eigenvalue weighted by Gasteiger charge is -2.14. The molecule has 0 fully saturated rings. The second kappa shape index (κ2) is 18.0. The molecule has 0 saturated carbocycles. The minimum atomic E-state index is 0.298. The first-order valence-electron chi connectivity index (χ1n) is 16.4. The van der Waals surface area contributed by atoms with Crippen LogP contribution in [-0.4, -0.2) is 87.1 Å². The molecule has 0 aliphatic carbocycles. The van der Waals surface area contributed by atoms with Crippen molar-refractivity contribution in [2.45, 2.75) is 29.4 Å². The molecule has 0 bridgehead atoms. The first-order valence-corrected chi connectivity index (χ1v) is 18.6.